The van der Waals surface area contributed by atoms with Crippen LogP contribution in [0.3, 0.4) is 0 Å². The number of H-pyrrole nitrogens is 1. The number of carbonyl (C=O) groups is 1. The number of aliphatic imine (C=N–C) groups is 1. The number of nitrogens with one attached hydrogen (secondary N) is 3. The van der Waals surface area contributed by atoms with E-state index in [1.54, 1.807) is 6.20 Å². The van der Waals surface area contributed by atoms with Gasteiger partial charge in [0.15, 0.2) is 0 Å². The number of aryl methyl sites for hydroxylation is 1. The van der Waals surface area contributed by atoms with Crippen LogP contribution in [0, 0.1) is 18.8 Å². The average molecular weight is 422 g/mol. The lowest BCUT2D eigenvalue weighted by Gasteiger charge is -2.25. The molecule has 1 aliphatic rings. The monoisotopic (exact) mass is 421 g/mol. The van der Waals surface area contributed by atoms with Gasteiger partial charge >= 0.3 is 0 Å². The number of aromatic amines is 1. The summed E-state index contributed by atoms with van der Waals surface area (Å²) in [6, 6.07) is 4.07. The van der Waals surface area contributed by atoms with Crippen LogP contribution >= 0.6 is 0 Å². The Morgan fingerprint density at radius 1 is 1.32 bits per heavy atom. The van der Waals surface area contributed by atoms with E-state index in [-0.39, 0.29) is 11.8 Å². The summed E-state index contributed by atoms with van der Waals surface area (Å²) in [6.45, 7) is 3.31. The lowest BCUT2D eigenvalue weighted by atomic mass is 9.82. The Balaban J connectivity index is 1.32. The Labute approximate surface area is 182 Å². The number of rotatable bonds is 7. The molecule has 1 fully saturated rings. The minimum absolute atomic E-state index is 0.129. The normalized spacial score (nSPS) is 19.2. The van der Waals surface area contributed by atoms with E-state index < -0.39 is 0 Å². The summed E-state index contributed by atoms with van der Waals surface area (Å²) in [5.41, 5.74) is 5.00. The maximum absolute atomic E-state index is 12.5. The summed E-state index contributed by atoms with van der Waals surface area (Å²) in [5.74, 6) is 0.833. The molecule has 3 heterocycles. The molecule has 1 aliphatic carbocycles. The van der Waals surface area contributed by atoms with Crippen molar-refractivity contribution in [3.05, 3.63) is 30.2 Å². The van der Waals surface area contributed by atoms with Gasteiger partial charge in [-0.2, -0.15) is 5.10 Å². The number of fused-ring (bicyclic) bond motifs is 1. The third-order valence-electron chi connectivity index (χ3n) is 6.30. The highest BCUT2D eigenvalue weighted by Crippen LogP contribution is 2.30. The van der Waals surface area contributed by atoms with Gasteiger partial charge in [0, 0.05) is 67.8 Å². The Hall–Kier alpha value is -3.16. The van der Waals surface area contributed by atoms with E-state index in [9.17, 15) is 4.79 Å². The van der Waals surface area contributed by atoms with Crippen molar-refractivity contribution in [1.82, 2.24) is 25.1 Å². The third kappa shape index (κ3) is 4.62. The summed E-state index contributed by atoms with van der Waals surface area (Å²) in [5, 5.41) is 11.9. The highest BCUT2D eigenvalue weighted by molar-refractivity contribution is 5.93. The number of pyridine rings is 1. The Morgan fingerprint density at radius 3 is 2.84 bits per heavy atom. The highest BCUT2D eigenvalue weighted by atomic mass is 16.1. The molecule has 3 N–H and O–H groups in total. The first kappa shape index (κ1) is 21.1. The van der Waals surface area contributed by atoms with Gasteiger partial charge in [-0.3, -0.25) is 9.48 Å². The molecule has 164 valence electrons. The minimum Gasteiger partial charge on any atom is -0.383 e. The highest BCUT2D eigenvalue weighted by Gasteiger charge is 2.25. The van der Waals surface area contributed by atoms with Crippen LogP contribution in [0.4, 0.5) is 5.69 Å². The van der Waals surface area contributed by atoms with E-state index in [2.05, 4.69) is 36.8 Å². The fraction of sp³-hybridized carbons (Fsp3) is 0.478. The van der Waals surface area contributed by atoms with Crippen LogP contribution in [0.2, 0.25) is 0 Å². The van der Waals surface area contributed by atoms with Gasteiger partial charge in [0.1, 0.15) is 5.65 Å². The molecule has 8 heteroatoms. The number of carbonyl (C=O) groups excluding carboxylic acids is 1. The van der Waals surface area contributed by atoms with Crippen molar-refractivity contribution in [3.63, 3.8) is 0 Å². The largest absolute Gasteiger partial charge is 0.383 e. The van der Waals surface area contributed by atoms with Crippen LogP contribution in [-0.4, -0.2) is 52.0 Å². The lowest BCUT2D eigenvalue weighted by molar-refractivity contribution is -0.125. The van der Waals surface area contributed by atoms with Gasteiger partial charge in [-0.25, -0.2) is 4.98 Å². The minimum atomic E-state index is 0.129. The van der Waals surface area contributed by atoms with Gasteiger partial charge < -0.3 is 20.6 Å². The predicted molar refractivity (Wildman–Crippen MR) is 124 cm³/mol. The molecule has 4 rings (SSSR count). The number of anilines is 1. The SMILES string of the molecule is CN=C[C@H]1CC[C@H](C(=O)NCCNc2ccnc3[nH]c(-c4cnn(C)c4C)cc23)CC1. The Kier molecular flexibility index (Phi) is 6.34. The fourth-order valence-corrected chi connectivity index (χ4v) is 4.36. The van der Waals surface area contributed by atoms with Crippen molar-refractivity contribution in [1.29, 1.82) is 0 Å². The van der Waals surface area contributed by atoms with Crippen LogP contribution in [0.25, 0.3) is 22.3 Å². The molecule has 8 nitrogen and oxygen atoms in total. The topological polar surface area (TPSA) is 100.0 Å². The van der Waals surface area contributed by atoms with Crippen molar-refractivity contribution < 1.29 is 4.79 Å². The van der Waals surface area contributed by atoms with E-state index in [4.69, 9.17) is 0 Å². The van der Waals surface area contributed by atoms with Gasteiger partial charge in [0.2, 0.25) is 5.91 Å². The standard InChI is InChI=1S/C23H31N7O/c1-15-19(14-28-30(15)3)21-12-18-20(8-9-26-22(18)29-21)25-10-11-27-23(31)17-6-4-16(5-7-17)13-24-2/h8-9,12-14,16-17H,4-7,10-11H2,1-3H3,(H,27,31)(H2,25,26,29)/t16-,17-. The maximum Gasteiger partial charge on any atom is 0.223 e. The van der Waals surface area contributed by atoms with E-state index in [0.29, 0.717) is 19.0 Å². The molecule has 0 bridgehead atoms. The molecule has 0 unspecified atom stereocenters. The first-order valence-corrected chi connectivity index (χ1v) is 11.0. The van der Waals surface area contributed by atoms with E-state index >= 15 is 0 Å². The molecule has 3 aromatic rings. The Morgan fingerprint density at radius 2 is 2.13 bits per heavy atom. The third-order valence-corrected chi connectivity index (χ3v) is 6.30. The maximum atomic E-state index is 12.5. The first-order chi connectivity index (χ1) is 15.1. The number of hydrogen-bond acceptors (Lipinski definition) is 5. The quantitative estimate of drug-likeness (QED) is 0.402. The molecular formula is C23H31N7O. The number of aromatic nitrogens is 4. The summed E-state index contributed by atoms with van der Waals surface area (Å²) in [4.78, 5) is 24.5. The first-order valence-electron chi connectivity index (χ1n) is 11.0. The Bertz CT molecular complexity index is 1070. The average Bonchev–Trinajstić information content (AvgIpc) is 3.35. The number of hydrogen-bond donors (Lipinski definition) is 3. The number of amides is 1. The smallest absolute Gasteiger partial charge is 0.223 e. The molecule has 1 amide bonds. The van der Waals surface area contributed by atoms with Crippen molar-refractivity contribution in [3.8, 4) is 11.3 Å². The van der Waals surface area contributed by atoms with Crippen molar-refractivity contribution >= 4 is 28.8 Å². The number of nitrogens with zero attached hydrogens (tertiary/aromatic N) is 4. The molecule has 0 radical (unpaired) electrons. The van der Waals surface area contributed by atoms with Gasteiger partial charge in [-0.15, -0.1) is 0 Å². The summed E-state index contributed by atoms with van der Waals surface area (Å²) < 4.78 is 1.86. The predicted octanol–water partition coefficient (Wildman–Crippen LogP) is 3.31. The van der Waals surface area contributed by atoms with E-state index in [0.717, 1.165) is 59.4 Å². The van der Waals surface area contributed by atoms with Crippen molar-refractivity contribution in [2.45, 2.75) is 32.6 Å². The second-order valence-electron chi connectivity index (χ2n) is 8.31. The van der Waals surface area contributed by atoms with Crippen molar-refractivity contribution in [2.75, 3.05) is 25.5 Å². The summed E-state index contributed by atoms with van der Waals surface area (Å²) in [6.07, 6.45) is 9.67. The van der Waals surface area contributed by atoms with Crippen LogP contribution in [0.5, 0.6) is 0 Å². The zero-order valence-corrected chi connectivity index (χ0v) is 18.5. The van der Waals surface area contributed by atoms with E-state index in [1.807, 2.05) is 44.2 Å². The van der Waals surface area contributed by atoms with Crippen LogP contribution in [0.1, 0.15) is 31.4 Å². The molecule has 0 saturated heterocycles. The molecular weight excluding hydrogens is 390 g/mol. The van der Waals surface area contributed by atoms with E-state index in [1.165, 1.54) is 0 Å². The molecule has 3 aromatic heterocycles. The van der Waals surface area contributed by atoms with Gasteiger partial charge in [0.25, 0.3) is 0 Å². The lowest BCUT2D eigenvalue weighted by Crippen LogP contribution is -2.36. The second kappa shape index (κ2) is 9.32. The molecule has 1 saturated carbocycles. The van der Waals surface area contributed by atoms with Gasteiger partial charge in [0.05, 0.1) is 11.9 Å². The fourth-order valence-electron chi connectivity index (χ4n) is 4.36. The molecule has 31 heavy (non-hydrogen) atoms. The van der Waals surface area contributed by atoms with Crippen LogP contribution < -0.4 is 10.6 Å². The second-order valence-corrected chi connectivity index (χ2v) is 8.31. The van der Waals surface area contributed by atoms with Crippen LogP contribution in [-0.2, 0) is 11.8 Å². The summed E-state index contributed by atoms with van der Waals surface area (Å²) in [7, 11) is 3.75. The molecule has 0 aromatic carbocycles. The summed E-state index contributed by atoms with van der Waals surface area (Å²) >= 11 is 0. The van der Waals surface area contributed by atoms with Crippen molar-refractivity contribution in [2.24, 2.45) is 23.9 Å². The molecule has 0 aliphatic heterocycles. The van der Waals surface area contributed by atoms with Gasteiger partial charge in [-0.05, 0) is 50.7 Å². The van der Waals surface area contributed by atoms with Gasteiger partial charge in [-0.1, -0.05) is 0 Å². The molecule has 0 atom stereocenters. The van der Waals surface area contributed by atoms with Crippen LogP contribution in [0.15, 0.2) is 29.5 Å². The zero-order chi connectivity index (χ0) is 21.8. The zero-order valence-electron chi connectivity index (χ0n) is 18.5. The molecule has 0 spiro atoms.